The summed E-state index contributed by atoms with van der Waals surface area (Å²) in [7, 11) is 3.16. The largest absolute Gasteiger partial charge is 0.497 e. The number of rotatable bonds is 8. The molecule has 8 nitrogen and oxygen atoms in total. The minimum atomic E-state index is -0.0808. The average Bonchev–Trinajstić information content (AvgIpc) is 3.42. The molecule has 1 aromatic carbocycles. The van der Waals surface area contributed by atoms with E-state index in [0.29, 0.717) is 36.6 Å². The van der Waals surface area contributed by atoms with Gasteiger partial charge in [0.15, 0.2) is 11.5 Å². The number of carbonyl (C=O) groups excluding carboxylic acids is 1. The van der Waals surface area contributed by atoms with Gasteiger partial charge in [0.1, 0.15) is 11.5 Å². The third-order valence-electron chi connectivity index (χ3n) is 5.27. The molecule has 0 bridgehead atoms. The summed E-state index contributed by atoms with van der Waals surface area (Å²) in [5, 5.41) is 8.75. The molecule has 0 unspecified atom stereocenters. The highest BCUT2D eigenvalue weighted by Gasteiger charge is 2.16. The molecule has 0 spiro atoms. The Bertz CT molecular complexity index is 1220. The summed E-state index contributed by atoms with van der Waals surface area (Å²) >= 11 is 0. The number of benzene rings is 1. The van der Waals surface area contributed by atoms with Gasteiger partial charge < -0.3 is 19.4 Å². The molecule has 0 aliphatic carbocycles. The van der Waals surface area contributed by atoms with Crippen molar-refractivity contribution in [1.29, 1.82) is 0 Å². The number of pyridine rings is 1. The van der Waals surface area contributed by atoms with Crippen molar-refractivity contribution in [2.45, 2.75) is 33.2 Å². The molecule has 0 atom stereocenters. The van der Waals surface area contributed by atoms with Crippen LogP contribution in [0.15, 0.2) is 48.8 Å². The molecule has 0 saturated heterocycles. The number of aromatic nitrogens is 4. The van der Waals surface area contributed by atoms with Crippen molar-refractivity contribution in [2.75, 3.05) is 19.5 Å². The summed E-state index contributed by atoms with van der Waals surface area (Å²) in [6, 6.07) is 11.3. The third-order valence-corrected chi connectivity index (χ3v) is 5.27. The molecule has 0 aliphatic heterocycles. The van der Waals surface area contributed by atoms with Gasteiger partial charge in [0.05, 0.1) is 19.6 Å². The van der Waals surface area contributed by atoms with E-state index in [1.54, 1.807) is 32.4 Å². The lowest BCUT2D eigenvalue weighted by molar-refractivity contribution is -0.116. The number of hydrogen-bond donors (Lipinski definition) is 1. The maximum Gasteiger partial charge on any atom is 0.224 e. The van der Waals surface area contributed by atoms with E-state index >= 15 is 0 Å². The van der Waals surface area contributed by atoms with Gasteiger partial charge in [-0.3, -0.25) is 4.79 Å². The lowest BCUT2D eigenvalue weighted by Crippen LogP contribution is -2.13. The maximum absolute atomic E-state index is 12.5. The molecule has 4 rings (SSSR count). The first-order valence-electron chi connectivity index (χ1n) is 10.5. The molecular formula is C24H27N5O3. The molecule has 1 amide bonds. The van der Waals surface area contributed by atoms with Crippen molar-refractivity contribution >= 4 is 22.6 Å². The summed E-state index contributed by atoms with van der Waals surface area (Å²) in [5.74, 6) is 2.01. The molecule has 32 heavy (non-hydrogen) atoms. The Morgan fingerprint density at radius 1 is 1.03 bits per heavy atom. The quantitative estimate of drug-likeness (QED) is 0.449. The van der Waals surface area contributed by atoms with E-state index in [0.717, 1.165) is 28.1 Å². The maximum atomic E-state index is 12.5. The Labute approximate surface area is 186 Å². The summed E-state index contributed by atoms with van der Waals surface area (Å²) in [6.45, 7) is 4.64. The number of anilines is 1. The number of aryl methyl sites for hydroxylation is 3. The van der Waals surface area contributed by atoms with Crippen molar-refractivity contribution in [3.8, 4) is 17.3 Å². The molecule has 0 fully saturated rings. The number of ether oxygens (including phenoxy) is 2. The Morgan fingerprint density at radius 2 is 1.72 bits per heavy atom. The Morgan fingerprint density at radius 3 is 2.38 bits per heavy atom. The second-order valence-electron chi connectivity index (χ2n) is 7.67. The van der Waals surface area contributed by atoms with Gasteiger partial charge in [0, 0.05) is 54.9 Å². The SMILES string of the molecule is COc1cc(NC(=O)CCCn2nc(-n3cccc3)c3c(C)cc(C)nc32)cc(OC)c1. The highest BCUT2D eigenvalue weighted by Crippen LogP contribution is 2.27. The zero-order valence-corrected chi connectivity index (χ0v) is 18.8. The minimum Gasteiger partial charge on any atom is -0.497 e. The molecule has 0 saturated carbocycles. The van der Waals surface area contributed by atoms with Crippen LogP contribution in [-0.2, 0) is 11.3 Å². The number of nitrogens with one attached hydrogen (secondary N) is 1. The zero-order chi connectivity index (χ0) is 22.7. The van der Waals surface area contributed by atoms with E-state index in [4.69, 9.17) is 19.6 Å². The Kier molecular flexibility index (Phi) is 6.11. The van der Waals surface area contributed by atoms with Gasteiger partial charge in [-0.15, -0.1) is 0 Å². The van der Waals surface area contributed by atoms with Gasteiger partial charge in [0.25, 0.3) is 0 Å². The molecule has 8 heteroatoms. The van der Waals surface area contributed by atoms with E-state index in [9.17, 15) is 4.79 Å². The fraction of sp³-hybridized carbons (Fsp3) is 0.292. The topological polar surface area (TPSA) is 83.2 Å². The van der Waals surface area contributed by atoms with Crippen molar-refractivity contribution < 1.29 is 14.3 Å². The van der Waals surface area contributed by atoms with Crippen LogP contribution in [0.5, 0.6) is 11.5 Å². The summed E-state index contributed by atoms with van der Waals surface area (Å²) in [5.41, 5.74) is 3.55. The van der Waals surface area contributed by atoms with Gasteiger partial charge in [-0.25, -0.2) is 9.67 Å². The standard InChI is InChI=1S/C24H27N5O3/c1-16-12-17(2)25-23-22(16)24(28-9-5-6-10-28)27-29(23)11-7-8-21(30)26-18-13-19(31-3)15-20(14-18)32-4/h5-6,9-10,12-15H,7-8,11H2,1-4H3,(H,26,30). The number of nitrogens with zero attached hydrogens (tertiary/aromatic N) is 4. The fourth-order valence-electron chi connectivity index (χ4n) is 3.80. The van der Waals surface area contributed by atoms with Crippen LogP contribution in [-0.4, -0.2) is 39.5 Å². The molecule has 3 aromatic heterocycles. The van der Waals surface area contributed by atoms with Gasteiger partial charge in [-0.2, -0.15) is 5.10 Å². The summed E-state index contributed by atoms with van der Waals surface area (Å²) in [6.07, 6.45) is 4.93. The number of hydrogen-bond acceptors (Lipinski definition) is 5. The van der Waals surface area contributed by atoms with Crippen molar-refractivity contribution in [3.63, 3.8) is 0 Å². The second-order valence-corrected chi connectivity index (χ2v) is 7.67. The van der Waals surface area contributed by atoms with Gasteiger partial charge >= 0.3 is 0 Å². The third kappa shape index (κ3) is 4.44. The van der Waals surface area contributed by atoms with Crippen molar-refractivity contribution in [2.24, 2.45) is 0 Å². The Balaban J connectivity index is 1.49. The lowest BCUT2D eigenvalue weighted by atomic mass is 10.2. The van der Waals surface area contributed by atoms with E-state index in [-0.39, 0.29) is 5.91 Å². The van der Waals surface area contributed by atoms with E-state index in [2.05, 4.69) is 18.3 Å². The van der Waals surface area contributed by atoms with Gasteiger partial charge in [0.2, 0.25) is 5.91 Å². The average molecular weight is 434 g/mol. The minimum absolute atomic E-state index is 0.0808. The summed E-state index contributed by atoms with van der Waals surface area (Å²) < 4.78 is 14.4. The van der Waals surface area contributed by atoms with Gasteiger partial charge in [-0.05, 0) is 44.0 Å². The lowest BCUT2D eigenvalue weighted by Gasteiger charge is -2.10. The van der Waals surface area contributed by atoms with Crippen LogP contribution in [0.1, 0.15) is 24.1 Å². The number of amides is 1. The molecule has 0 aliphatic rings. The van der Waals surface area contributed by atoms with Crippen LogP contribution in [0.2, 0.25) is 0 Å². The van der Waals surface area contributed by atoms with Gasteiger partial charge in [-0.1, -0.05) is 0 Å². The monoisotopic (exact) mass is 433 g/mol. The van der Waals surface area contributed by atoms with E-state index in [1.807, 2.05) is 40.7 Å². The predicted molar refractivity (Wildman–Crippen MR) is 124 cm³/mol. The molecule has 3 heterocycles. The Hall–Kier alpha value is -3.81. The highest BCUT2D eigenvalue weighted by atomic mass is 16.5. The fourth-order valence-corrected chi connectivity index (χ4v) is 3.80. The second kappa shape index (κ2) is 9.13. The molecule has 166 valence electrons. The van der Waals surface area contributed by atoms with Crippen LogP contribution in [0.25, 0.3) is 16.9 Å². The van der Waals surface area contributed by atoms with E-state index < -0.39 is 0 Å². The number of carbonyl (C=O) groups is 1. The predicted octanol–water partition coefficient (Wildman–Crippen LogP) is 4.27. The van der Waals surface area contributed by atoms with Crippen LogP contribution in [0.3, 0.4) is 0 Å². The number of methoxy groups -OCH3 is 2. The summed E-state index contributed by atoms with van der Waals surface area (Å²) in [4.78, 5) is 17.3. The van der Waals surface area contributed by atoms with Crippen LogP contribution in [0, 0.1) is 13.8 Å². The van der Waals surface area contributed by atoms with E-state index in [1.165, 1.54) is 0 Å². The van der Waals surface area contributed by atoms with Crippen LogP contribution in [0.4, 0.5) is 5.69 Å². The normalized spacial score (nSPS) is 11.0. The first-order chi connectivity index (χ1) is 15.5. The van der Waals surface area contributed by atoms with Crippen molar-refractivity contribution in [3.05, 3.63) is 60.0 Å². The highest BCUT2D eigenvalue weighted by molar-refractivity contribution is 5.91. The molecular weight excluding hydrogens is 406 g/mol. The first kappa shape index (κ1) is 21.4. The first-order valence-corrected chi connectivity index (χ1v) is 10.5. The van der Waals surface area contributed by atoms with Crippen molar-refractivity contribution in [1.82, 2.24) is 19.3 Å². The molecule has 4 aromatic rings. The number of fused-ring (bicyclic) bond motifs is 1. The molecule has 0 radical (unpaired) electrons. The van der Waals surface area contributed by atoms with Crippen LogP contribution >= 0.6 is 0 Å². The smallest absolute Gasteiger partial charge is 0.224 e. The zero-order valence-electron chi connectivity index (χ0n) is 18.8. The van der Waals surface area contributed by atoms with Crippen LogP contribution < -0.4 is 14.8 Å². The molecule has 1 N–H and O–H groups in total.